The zero-order valence-corrected chi connectivity index (χ0v) is 16.4. The molecule has 0 N–H and O–H groups in total. The van der Waals surface area contributed by atoms with Crippen LogP contribution in [0.25, 0.3) is 0 Å². The van der Waals surface area contributed by atoms with Crippen LogP contribution >= 0.6 is 30.2 Å². The summed E-state index contributed by atoms with van der Waals surface area (Å²) < 4.78 is 0. The first-order valence-corrected chi connectivity index (χ1v) is 13.3. The van der Waals surface area contributed by atoms with Crippen LogP contribution in [0, 0.1) is 11.8 Å². The van der Waals surface area contributed by atoms with Crippen molar-refractivity contribution in [1.29, 1.82) is 0 Å². The van der Waals surface area contributed by atoms with E-state index in [9.17, 15) is 0 Å². The summed E-state index contributed by atoms with van der Waals surface area (Å²) in [5.41, 5.74) is -1.47. The summed E-state index contributed by atoms with van der Waals surface area (Å²) in [7, 11) is 0. The Labute approximate surface area is 133 Å². The van der Waals surface area contributed by atoms with Gasteiger partial charge in [0.2, 0.25) is 0 Å². The molecule has 0 aromatic rings. The van der Waals surface area contributed by atoms with E-state index in [1.54, 1.807) is 0 Å². The van der Waals surface area contributed by atoms with Crippen molar-refractivity contribution in [2.45, 2.75) is 79.1 Å². The molecule has 118 valence electrons. The molecule has 0 nitrogen and oxygen atoms in total. The standard InChI is InChI=1S/C16H37PS2/c1-15(2)11-7-5-9-13-17(18,19)14-10-6-8-12-16(3)4/h15-19H,5-14H2,1-4H3. The normalized spacial score (nSPS) is 13.5. The van der Waals surface area contributed by atoms with Gasteiger partial charge in [-0.25, -0.2) is 0 Å². The van der Waals surface area contributed by atoms with Crippen molar-refractivity contribution >= 4 is 30.2 Å². The van der Waals surface area contributed by atoms with E-state index in [2.05, 4.69) is 27.7 Å². The summed E-state index contributed by atoms with van der Waals surface area (Å²) in [6, 6.07) is 0. The first-order valence-electron chi connectivity index (χ1n) is 8.28. The number of thiol groups is 2. The Balaban J connectivity index is 3.46. The average molecular weight is 325 g/mol. The zero-order valence-electron chi connectivity index (χ0n) is 13.6. The van der Waals surface area contributed by atoms with Gasteiger partial charge in [-0.05, 0) is 0 Å². The Kier molecular flexibility index (Phi) is 12.5. The van der Waals surface area contributed by atoms with Crippen molar-refractivity contribution < 1.29 is 0 Å². The Bertz CT molecular complexity index is 183. The first-order chi connectivity index (χ1) is 8.83. The Morgan fingerprint density at radius 1 is 0.632 bits per heavy atom. The molecule has 19 heavy (non-hydrogen) atoms. The van der Waals surface area contributed by atoms with E-state index in [1.807, 2.05) is 0 Å². The molecule has 0 aromatic carbocycles. The van der Waals surface area contributed by atoms with E-state index in [0.29, 0.717) is 0 Å². The molecule has 0 unspecified atom stereocenters. The van der Waals surface area contributed by atoms with Gasteiger partial charge in [0.15, 0.2) is 0 Å². The molecule has 0 heterocycles. The number of hydrogen-bond donors (Lipinski definition) is 2. The molecular weight excluding hydrogens is 287 g/mol. The van der Waals surface area contributed by atoms with Gasteiger partial charge in [-0.2, -0.15) is 0 Å². The second kappa shape index (κ2) is 11.8. The van der Waals surface area contributed by atoms with Gasteiger partial charge in [-0.15, -0.1) is 0 Å². The monoisotopic (exact) mass is 324 g/mol. The van der Waals surface area contributed by atoms with Gasteiger partial charge in [0.1, 0.15) is 0 Å². The van der Waals surface area contributed by atoms with Gasteiger partial charge in [0, 0.05) is 0 Å². The average Bonchev–Trinajstić information content (AvgIpc) is 2.27. The van der Waals surface area contributed by atoms with Crippen LogP contribution in [0.5, 0.6) is 0 Å². The minimum atomic E-state index is -1.47. The molecule has 0 saturated heterocycles. The molecule has 0 spiro atoms. The molecule has 0 aliphatic carbocycles. The fraction of sp³-hybridized carbons (Fsp3) is 1.00. The summed E-state index contributed by atoms with van der Waals surface area (Å²) >= 11 is 9.75. The number of hydrogen-bond acceptors (Lipinski definition) is 2. The molecule has 0 aliphatic rings. The molecule has 0 amide bonds. The van der Waals surface area contributed by atoms with Crippen LogP contribution in [0.4, 0.5) is 0 Å². The predicted molar refractivity (Wildman–Crippen MR) is 103 cm³/mol. The Morgan fingerprint density at radius 2 is 1.00 bits per heavy atom. The van der Waals surface area contributed by atoms with Crippen LogP contribution in [-0.4, -0.2) is 12.3 Å². The van der Waals surface area contributed by atoms with E-state index in [1.165, 1.54) is 63.7 Å². The summed E-state index contributed by atoms with van der Waals surface area (Å²) in [6.07, 6.45) is 13.6. The fourth-order valence-electron chi connectivity index (χ4n) is 2.40. The topological polar surface area (TPSA) is 0 Å². The van der Waals surface area contributed by atoms with Crippen LogP contribution in [0.2, 0.25) is 0 Å². The van der Waals surface area contributed by atoms with Crippen LogP contribution in [-0.2, 0) is 0 Å². The Hall–Kier alpha value is 1.13. The zero-order chi connectivity index (χ0) is 14.7. The van der Waals surface area contributed by atoms with Gasteiger partial charge in [-0.3, -0.25) is 0 Å². The molecule has 0 radical (unpaired) electrons. The predicted octanol–water partition coefficient (Wildman–Crippen LogP) is 6.86. The summed E-state index contributed by atoms with van der Waals surface area (Å²) in [5.74, 6) is 1.71. The molecule has 0 aliphatic heterocycles. The first kappa shape index (κ1) is 20.1. The second-order valence-corrected chi connectivity index (χ2v) is 16.1. The van der Waals surface area contributed by atoms with Crippen LogP contribution < -0.4 is 0 Å². The summed E-state index contributed by atoms with van der Waals surface area (Å²) in [6.45, 7) is 9.25. The third-order valence-electron chi connectivity index (χ3n) is 3.72. The van der Waals surface area contributed by atoms with Crippen molar-refractivity contribution in [2.75, 3.05) is 12.3 Å². The maximum atomic E-state index is 4.88. The van der Waals surface area contributed by atoms with Crippen LogP contribution in [0.3, 0.4) is 0 Å². The van der Waals surface area contributed by atoms with Crippen LogP contribution in [0.1, 0.15) is 79.1 Å². The number of unbranched alkanes of at least 4 members (excludes halogenated alkanes) is 4. The van der Waals surface area contributed by atoms with Gasteiger partial charge < -0.3 is 0 Å². The third kappa shape index (κ3) is 15.3. The van der Waals surface area contributed by atoms with Crippen molar-refractivity contribution in [3.63, 3.8) is 0 Å². The molecular formula is C16H37PS2. The summed E-state index contributed by atoms with van der Waals surface area (Å²) in [5, 5.41) is 0. The van der Waals surface area contributed by atoms with Gasteiger partial charge in [0.05, 0.1) is 0 Å². The van der Waals surface area contributed by atoms with Gasteiger partial charge in [0.25, 0.3) is 0 Å². The van der Waals surface area contributed by atoms with Gasteiger partial charge >= 0.3 is 133 Å². The summed E-state index contributed by atoms with van der Waals surface area (Å²) in [4.78, 5) is 0. The van der Waals surface area contributed by atoms with Crippen molar-refractivity contribution in [2.24, 2.45) is 11.8 Å². The minimum absolute atomic E-state index is 0.856. The third-order valence-corrected chi connectivity index (χ3v) is 8.71. The molecule has 0 fully saturated rings. The SMILES string of the molecule is CC(C)CCCCC[PH](S)(S)CCCCCC(C)C. The maximum absolute atomic E-state index is 4.88. The van der Waals surface area contributed by atoms with Crippen molar-refractivity contribution in [3.05, 3.63) is 0 Å². The second-order valence-electron chi connectivity index (χ2n) is 6.97. The molecule has 3 heteroatoms. The van der Waals surface area contributed by atoms with E-state index < -0.39 is 5.67 Å². The molecule has 0 aromatic heterocycles. The number of rotatable bonds is 12. The van der Waals surface area contributed by atoms with Gasteiger partial charge in [-0.1, -0.05) is 0 Å². The van der Waals surface area contributed by atoms with E-state index in [0.717, 1.165) is 11.8 Å². The van der Waals surface area contributed by atoms with E-state index in [4.69, 9.17) is 24.5 Å². The van der Waals surface area contributed by atoms with Crippen molar-refractivity contribution in [1.82, 2.24) is 0 Å². The molecule has 0 bridgehead atoms. The Morgan fingerprint density at radius 3 is 1.32 bits per heavy atom. The quantitative estimate of drug-likeness (QED) is 0.219. The van der Waals surface area contributed by atoms with E-state index >= 15 is 0 Å². The van der Waals surface area contributed by atoms with E-state index in [-0.39, 0.29) is 0 Å². The van der Waals surface area contributed by atoms with Crippen molar-refractivity contribution in [3.8, 4) is 0 Å². The van der Waals surface area contributed by atoms with Crippen LogP contribution in [0.15, 0.2) is 0 Å². The molecule has 0 saturated carbocycles. The molecule has 0 rings (SSSR count). The fourth-order valence-corrected chi connectivity index (χ4v) is 6.18. The molecule has 0 atom stereocenters.